The predicted molar refractivity (Wildman–Crippen MR) is 93.8 cm³/mol. The number of halogens is 4. The Labute approximate surface area is 158 Å². The van der Waals surface area contributed by atoms with Crippen LogP contribution in [0, 0.1) is 17.5 Å². The first-order chi connectivity index (χ1) is 13.4. The third-order valence-corrected chi connectivity index (χ3v) is 5.28. The Hall–Kier alpha value is -3.45. The van der Waals surface area contributed by atoms with Crippen LogP contribution in [0.1, 0.15) is 12.0 Å². The maximum absolute atomic E-state index is 15.1. The summed E-state index contributed by atoms with van der Waals surface area (Å²) < 4.78 is 60.4. The second-order valence-corrected chi connectivity index (χ2v) is 7.09. The number of ether oxygens (including phenoxy) is 1. The molecule has 3 unspecified atom stereocenters. The van der Waals surface area contributed by atoms with Gasteiger partial charge in [0.25, 0.3) is 12.3 Å². The van der Waals surface area contributed by atoms with E-state index in [0.717, 1.165) is 18.2 Å². The molecule has 1 spiro atoms. The number of nitrogens with zero attached hydrogens (tertiary/aromatic N) is 1. The number of amides is 1. The fraction of sp³-hybridized carbons (Fsp3) is 0.350. The average molecular weight is 640 g/mol. The summed E-state index contributed by atoms with van der Waals surface area (Å²) in [6.07, 6.45) is -1.42. The van der Waals surface area contributed by atoms with E-state index in [-0.39, 0.29) is 29.7 Å². The Kier molecular flexibility index (Phi) is 5.26. The summed E-state index contributed by atoms with van der Waals surface area (Å²) in [6, 6.07) is 6.92. The molecule has 0 aromatic heterocycles. The van der Waals surface area contributed by atoms with Gasteiger partial charge in [0.1, 0.15) is 17.5 Å². The molecule has 0 aliphatic carbocycles. The number of hydrogen-bond acceptors (Lipinski definition) is 2. The van der Waals surface area contributed by atoms with E-state index in [1.54, 1.807) is 12.1 Å². The minimum atomic E-state index is -2.02. The number of hydrogen-bond donors (Lipinski definition) is 1. The van der Waals surface area contributed by atoms with Crippen molar-refractivity contribution < 1.29 is 27.1 Å². The first-order valence-corrected chi connectivity index (χ1v) is 8.86. The van der Waals surface area contributed by atoms with Gasteiger partial charge >= 0.3 is 0 Å². The molecular formula is C20H17CmF4N2O2-. The van der Waals surface area contributed by atoms with Crippen LogP contribution in [0.3, 0.4) is 0 Å². The third kappa shape index (κ3) is 3.64. The van der Waals surface area contributed by atoms with Crippen molar-refractivity contribution in [1.82, 2.24) is 5.32 Å². The molecule has 0 saturated carbocycles. The van der Waals surface area contributed by atoms with E-state index in [4.69, 9.17) is 4.74 Å². The summed E-state index contributed by atoms with van der Waals surface area (Å²) in [4.78, 5) is 11.7. The molecule has 0 radical (unpaired) electrons. The monoisotopic (exact) mass is 636 g/mol. The Balaban J connectivity index is 0.00000240. The number of carbonyl (C=O) groups excluding carboxylic acids is 1. The van der Waals surface area contributed by atoms with E-state index in [1.807, 2.05) is 0 Å². The van der Waals surface area contributed by atoms with Crippen molar-refractivity contribution in [1.29, 1.82) is 0 Å². The summed E-state index contributed by atoms with van der Waals surface area (Å²) in [5.74, 6) is -3.08. The van der Waals surface area contributed by atoms with Crippen LogP contribution in [-0.4, -0.2) is 37.0 Å². The topological polar surface area (TPSA) is 52.4 Å². The van der Waals surface area contributed by atoms with Crippen LogP contribution in [0.25, 0.3) is 16.4 Å². The molecule has 1 N–H and O–H groups in total. The predicted octanol–water partition coefficient (Wildman–Crippen LogP) is 3.64. The molecule has 2 saturated heterocycles. The van der Waals surface area contributed by atoms with E-state index in [0.29, 0.717) is 13.0 Å². The largest absolute Gasteiger partial charge is 0.657 e. The zero-order chi connectivity index (χ0) is 19.9. The summed E-state index contributed by atoms with van der Waals surface area (Å²) in [5.41, 5.74) is -0.443. The molecule has 1 amide bonds. The van der Waals surface area contributed by atoms with E-state index in [2.05, 4.69) is 10.6 Å². The second-order valence-electron chi connectivity index (χ2n) is 7.09. The number of carbonyl (C=O) groups is 1. The smallest absolute Gasteiger partial charge is 0.282 e. The number of rotatable bonds is 3. The van der Waals surface area contributed by atoms with Gasteiger partial charge in [0.05, 0.1) is 6.61 Å². The van der Waals surface area contributed by atoms with Crippen LogP contribution in [-0.2, 0) is 16.0 Å². The summed E-state index contributed by atoms with van der Waals surface area (Å²) >= 11 is 0. The van der Waals surface area contributed by atoms with Gasteiger partial charge in [-0.3, -0.25) is 4.79 Å². The molecule has 2 fully saturated rings. The molecule has 4 rings (SSSR count). The van der Waals surface area contributed by atoms with Crippen LogP contribution in [0.4, 0.5) is 17.6 Å². The van der Waals surface area contributed by atoms with Crippen molar-refractivity contribution >= 4 is 5.91 Å². The standard InChI is InChI=1S/C20H17F4N2O2.Cm/c21-13-6-12(7-14(22)9-13)15-3-1-2-11(17(15)23)8-16-20(4-5-25-16)10-28-18(24)19(27)26-20;/h1-3,6-7,9,16,18H,4-5,8,10H2,(H,26,27);/q-1;. The van der Waals surface area contributed by atoms with Gasteiger partial charge in [-0.25, -0.2) is 17.6 Å². The van der Waals surface area contributed by atoms with Gasteiger partial charge < -0.3 is 15.4 Å². The van der Waals surface area contributed by atoms with Gasteiger partial charge in [-0.2, -0.15) is 0 Å². The zero-order valence-corrected chi connectivity index (χ0v) is 18.0. The van der Waals surface area contributed by atoms with Crippen molar-refractivity contribution in [2.45, 2.75) is 30.8 Å². The minimum Gasteiger partial charge on any atom is -0.657 e. The Morgan fingerprint density at radius 2 is 1.90 bits per heavy atom. The Morgan fingerprint density at radius 1 is 1.17 bits per heavy atom. The van der Waals surface area contributed by atoms with Crippen molar-refractivity contribution in [2.24, 2.45) is 0 Å². The molecule has 2 aliphatic heterocycles. The maximum atomic E-state index is 15.1. The molecule has 9 heteroatoms. The van der Waals surface area contributed by atoms with E-state index >= 15 is 4.39 Å². The van der Waals surface area contributed by atoms with Crippen LogP contribution in [0.15, 0.2) is 36.4 Å². The molecule has 0 bridgehead atoms. The van der Waals surface area contributed by atoms with Crippen LogP contribution in [0.5, 0.6) is 0 Å². The van der Waals surface area contributed by atoms with Crippen molar-refractivity contribution in [3.8, 4) is 11.1 Å². The Morgan fingerprint density at radius 3 is 2.59 bits per heavy atom. The van der Waals surface area contributed by atoms with Gasteiger partial charge in [-0.05, 0) is 36.1 Å². The quantitative estimate of drug-likeness (QED) is 0.522. The molecule has 4 nitrogen and oxygen atoms in total. The van der Waals surface area contributed by atoms with Crippen LogP contribution < -0.4 is 5.32 Å². The maximum Gasteiger partial charge on any atom is 0.282 e. The van der Waals surface area contributed by atoms with E-state index < -0.39 is 41.3 Å². The SMILES string of the molecule is O=C1NC2(CC[N-]C2Cc2cccc(-c3cc(F)cc(F)c3)c2F)COC1F.[Cm]. The third-order valence-electron chi connectivity index (χ3n) is 5.28. The van der Waals surface area contributed by atoms with E-state index in [9.17, 15) is 18.0 Å². The second kappa shape index (κ2) is 7.52. The fourth-order valence-electron chi connectivity index (χ4n) is 3.85. The molecule has 3 atom stereocenters. The first-order valence-electron chi connectivity index (χ1n) is 8.86. The fourth-order valence-corrected chi connectivity index (χ4v) is 3.85. The molecule has 2 aliphatic rings. The number of morpholine rings is 1. The van der Waals surface area contributed by atoms with E-state index in [1.165, 1.54) is 6.07 Å². The minimum absolute atomic E-state index is 0. The van der Waals surface area contributed by atoms with Crippen molar-refractivity contribution in [3.05, 3.63) is 64.7 Å². The van der Waals surface area contributed by atoms with Gasteiger partial charge in [-0.15, -0.1) is 12.6 Å². The zero-order valence-electron chi connectivity index (χ0n) is 15.1. The molecule has 2 aromatic carbocycles. The van der Waals surface area contributed by atoms with Crippen LogP contribution >= 0.6 is 0 Å². The van der Waals surface area contributed by atoms with Gasteiger partial charge in [0, 0.05) is 17.2 Å². The van der Waals surface area contributed by atoms with Crippen molar-refractivity contribution in [2.75, 3.05) is 13.2 Å². The van der Waals surface area contributed by atoms with Gasteiger partial charge in [-0.1, -0.05) is 18.2 Å². The molecule has 29 heavy (non-hydrogen) atoms. The molecule has 2 aromatic rings. The summed E-state index contributed by atoms with van der Waals surface area (Å²) in [6.45, 7) is 0.381. The summed E-state index contributed by atoms with van der Waals surface area (Å²) in [7, 11) is 0. The average Bonchev–Trinajstić information content (AvgIpc) is 3.01. The normalized spacial score (nSPS) is 26.3. The summed E-state index contributed by atoms with van der Waals surface area (Å²) in [5, 5.41) is 7.07. The Bertz CT molecular complexity index is 909. The number of nitrogens with one attached hydrogen (secondary N) is 1. The molecular weight excluding hydrogens is 623 g/mol. The number of benzene rings is 2. The van der Waals surface area contributed by atoms with Gasteiger partial charge in [0.2, 0.25) is 0 Å². The van der Waals surface area contributed by atoms with Gasteiger partial charge in [0.15, 0.2) is 0 Å². The van der Waals surface area contributed by atoms with Crippen LogP contribution in [0.2, 0.25) is 0 Å². The molecule has 156 valence electrons. The van der Waals surface area contributed by atoms with Crippen molar-refractivity contribution in [3.63, 3.8) is 0 Å². The molecule has 2 heterocycles. The first kappa shape index (κ1) is 20.3. The number of alkyl halides is 1.